The van der Waals surface area contributed by atoms with E-state index in [0.717, 1.165) is 18.7 Å². The van der Waals surface area contributed by atoms with Crippen LogP contribution in [0.2, 0.25) is 0 Å². The van der Waals surface area contributed by atoms with Crippen molar-refractivity contribution in [2.24, 2.45) is 0 Å². The maximum absolute atomic E-state index is 12.1. The molecule has 104 valence electrons. The number of hydrogen-bond donors (Lipinski definition) is 0. The standard InChI is InChI=1S/C16H23NOS/c1-4-5-15(18)17-10-11-19-16(17)14-8-6-13(7-9-14)12(2)3/h6-9,12,16H,4-5,10-11H2,1-3H3/t16-/m0/s1. The highest BCUT2D eigenvalue weighted by Gasteiger charge is 2.29. The molecule has 0 unspecified atom stereocenters. The van der Waals surface area contributed by atoms with E-state index in [9.17, 15) is 4.79 Å². The molecule has 19 heavy (non-hydrogen) atoms. The largest absolute Gasteiger partial charge is 0.326 e. The van der Waals surface area contributed by atoms with Crippen molar-refractivity contribution >= 4 is 17.7 Å². The van der Waals surface area contributed by atoms with Crippen LogP contribution in [0.3, 0.4) is 0 Å². The fourth-order valence-electron chi connectivity index (χ4n) is 2.40. The third kappa shape index (κ3) is 3.33. The molecule has 0 aliphatic carbocycles. The van der Waals surface area contributed by atoms with E-state index in [1.807, 2.05) is 16.7 Å². The van der Waals surface area contributed by atoms with Crippen LogP contribution in [0.15, 0.2) is 24.3 Å². The molecule has 0 aromatic heterocycles. The summed E-state index contributed by atoms with van der Waals surface area (Å²) in [5, 5.41) is 0.222. The normalized spacial score (nSPS) is 19.2. The first-order valence-electron chi connectivity index (χ1n) is 7.14. The number of carbonyl (C=O) groups is 1. The molecule has 1 amide bonds. The van der Waals surface area contributed by atoms with Crippen molar-refractivity contribution in [1.82, 2.24) is 4.90 Å². The van der Waals surface area contributed by atoms with Crippen molar-refractivity contribution in [3.8, 4) is 0 Å². The summed E-state index contributed by atoms with van der Waals surface area (Å²) in [6, 6.07) is 8.76. The zero-order valence-corrected chi connectivity index (χ0v) is 12.9. The van der Waals surface area contributed by atoms with E-state index >= 15 is 0 Å². The van der Waals surface area contributed by atoms with E-state index in [4.69, 9.17) is 0 Å². The van der Waals surface area contributed by atoms with Gasteiger partial charge in [0.15, 0.2) is 0 Å². The van der Waals surface area contributed by atoms with Gasteiger partial charge in [0.05, 0.1) is 0 Å². The van der Waals surface area contributed by atoms with Crippen molar-refractivity contribution in [3.63, 3.8) is 0 Å². The Labute approximate surface area is 120 Å². The van der Waals surface area contributed by atoms with Crippen LogP contribution in [0.5, 0.6) is 0 Å². The Morgan fingerprint density at radius 3 is 2.63 bits per heavy atom. The number of thioether (sulfide) groups is 1. The fourth-order valence-corrected chi connectivity index (χ4v) is 3.68. The SMILES string of the molecule is CCCC(=O)N1CCS[C@H]1c1ccc(C(C)C)cc1. The second kappa shape index (κ2) is 6.47. The first kappa shape index (κ1) is 14.4. The Bertz CT molecular complexity index is 427. The van der Waals surface area contributed by atoms with Crippen LogP contribution in [0.25, 0.3) is 0 Å². The molecule has 1 heterocycles. The van der Waals surface area contributed by atoms with Gasteiger partial charge in [-0.25, -0.2) is 0 Å². The van der Waals surface area contributed by atoms with Crippen LogP contribution >= 0.6 is 11.8 Å². The molecular formula is C16H23NOS. The summed E-state index contributed by atoms with van der Waals surface area (Å²) >= 11 is 1.88. The molecule has 0 radical (unpaired) electrons. The van der Waals surface area contributed by atoms with Crippen LogP contribution in [0, 0.1) is 0 Å². The Kier molecular flexibility index (Phi) is 4.92. The van der Waals surface area contributed by atoms with Crippen LogP contribution in [0.4, 0.5) is 0 Å². The summed E-state index contributed by atoms with van der Waals surface area (Å²) < 4.78 is 0. The summed E-state index contributed by atoms with van der Waals surface area (Å²) in [7, 11) is 0. The summed E-state index contributed by atoms with van der Waals surface area (Å²) in [6.45, 7) is 7.36. The third-order valence-electron chi connectivity index (χ3n) is 3.56. The van der Waals surface area contributed by atoms with E-state index in [1.165, 1.54) is 11.1 Å². The number of hydrogen-bond acceptors (Lipinski definition) is 2. The molecule has 1 fully saturated rings. The van der Waals surface area contributed by atoms with Crippen molar-refractivity contribution in [2.75, 3.05) is 12.3 Å². The monoisotopic (exact) mass is 277 g/mol. The summed E-state index contributed by atoms with van der Waals surface area (Å²) in [4.78, 5) is 14.2. The highest BCUT2D eigenvalue weighted by atomic mass is 32.2. The Morgan fingerprint density at radius 2 is 2.05 bits per heavy atom. The van der Waals surface area contributed by atoms with Gasteiger partial charge in [-0.05, 0) is 23.5 Å². The van der Waals surface area contributed by atoms with E-state index in [2.05, 4.69) is 45.0 Å². The molecule has 1 saturated heterocycles. The van der Waals surface area contributed by atoms with Gasteiger partial charge in [-0.3, -0.25) is 4.79 Å². The molecule has 3 heteroatoms. The summed E-state index contributed by atoms with van der Waals surface area (Å²) in [6.07, 6.45) is 1.60. The lowest BCUT2D eigenvalue weighted by molar-refractivity contribution is -0.131. The minimum Gasteiger partial charge on any atom is -0.326 e. The minimum absolute atomic E-state index is 0.222. The van der Waals surface area contributed by atoms with Gasteiger partial charge in [0.25, 0.3) is 0 Å². The average Bonchev–Trinajstić information content (AvgIpc) is 2.88. The van der Waals surface area contributed by atoms with Gasteiger partial charge in [0.1, 0.15) is 5.37 Å². The number of carbonyl (C=O) groups excluding carboxylic acids is 1. The molecule has 1 aliphatic rings. The molecule has 1 aromatic rings. The molecule has 1 aromatic carbocycles. The van der Waals surface area contributed by atoms with Gasteiger partial charge in [-0.15, -0.1) is 11.8 Å². The lowest BCUT2D eigenvalue weighted by Crippen LogP contribution is -2.30. The number of amides is 1. The van der Waals surface area contributed by atoms with Gasteiger partial charge < -0.3 is 4.90 Å². The molecule has 0 N–H and O–H groups in total. The van der Waals surface area contributed by atoms with Crippen molar-refractivity contribution in [1.29, 1.82) is 0 Å². The quantitative estimate of drug-likeness (QED) is 0.822. The van der Waals surface area contributed by atoms with Crippen molar-refractivity contribution in [2.45, 2.75) is 44.9 Å². The van der Waals surface area contributed by atoms with Gasteiger partial charge >= 0.3 is 0 Å². The Hall–Kier alpha value is -0.960. The van der Waals surface area contributed by atoms with E-state index < -0.39 is 0 Å². The number of benzene rings is 1. The first-order chi connectivity index (χ1) is 9.13. The topological polar surface area (TPSA) is 20.3 Å². The van der Waals surface area contributed by atoms with Gasteiger partial charge in [-0.2, -0.15) is 0 Å². The highest BCUT2D eigenvalue weighted by molar-refractivity contribution is 7.99. The van der Waals surface area contributed by atoms with Crippen molar-refractivity contribution in [3.05, 3.63) is 35.4 Å². The molecule has 1 aliphatic heterocycles. The molecule has 0 spiro atoms. The lowest BCUT2D eigenvalue weighted by atomic mass is 10.0. The number of rotatable bonds is 4. The van der Waals surface area contributed by atoms with Crippen LogP contribution in [-0.2, 0) is 4.79 Å². The zero-order valence-electron chi connectivity index (χ0n) is 12.1. The predicted molar refractivity (Wildman–Crippen MR) is 82.4 cm³/mol. The minimum atomic E-state index is 0.222. The van der Waals surface area contributed by atoms with Crippen LogP contribution in [-0.4, -0.2) is 23.1 Å². The predicted octanol–water partition coefficient (Wildman–Crippen LogP) is 4.18. The molecule has 1 atom stereocenters. The van der Waals surface area contributed by atoms with Gasteiger partial charge in [0.2, 0.25) is 5.91 Å². The smallest absolute Gasteiger partial charge is 0.223 e. The Morgan fingerprint density at radius 1 is 1.37 bits per heavy atom. The van der Waals surface area contributed by atoms with Gasteiger partial charge in [0, 0.05) is 18.7 Å². The van der Waals surface area contributed by atoms with E-state index in [1.54, 1.807) is 0 Å². The van der Waals surface area contributed by atoms with Crippen LogP contribution < -0.4 is 0 Å². The number of nitrogens with zero attached hydrogens (tertiary/aromatic N) is 1. The second-order valence-electron chi connectivity index (χ2n) is 5.38. The first-order valence-corrected chi connectivity index (χ1v) is 8.19. The summed E-state index contributed by atoms with van der Waals surface area (Å²) in [5.74, 6) is 1.90. The molecule has 2 nitrogen and oxygen atoms in total. The molecule has 2 rings (SSSR count). The Balaban J connectivity index is 2.13. The lowest BCUT2D eigenvalue weighted by Gasteiger charge is -2.24. The van der Waals surface area contributed by atoms with E-state index in [0.29, 0.717) is 18.2 Å². The maximum atomic E-state index is 12.1. The van der Waals surface area contributed by atoms with Crippen LogP contribution in [0.1, 0.15) is 56.0 Å². The van der Waals surface area contributed by atoms with E-state index in [-0.39, 0.29) is 5.37 Å². The maximum Gasteiger partial charge on any atom is 0.223 e. The fraction of sp³-hybridized carbons (Fsp3) is 0.562. The zero-order chi connectivity index (χ0) is 13.8. The van der Waals surface area contributed by atoms with Gasteiger partial charge in [-0.1, -0.05) is 45.0 Å². The molecular weight excluding hydrogens is 254 g/mol. The molecule has 0 bridgehead atoms. The highest BCUT2D eigenvalue weighted by Crippen LogP contribution is 2.38. The third-order valence-corrected chi connectivity index (χ3v) is 4.82. The second-order valence-corrected chi connectivity index (χ2v) is 6.57. The molecule has 0 saturated carbocycles. The van der Waals surface area contributed by atoms with Crippen molar-refractivity contribution < 1.29 is 4.79 Å². The average molecular weight is 277 g/mol. The summed E-state index contributed by atoms with van der Waals surface area (Å²) in [5.41, 5.74) is 2.62.